The molecule has 3 unspecified atom stereocenters. The molecule has 2 aliphatic heterocycles. The van der Waals surface area contributed by atoms with Crippen LogP contribution in [-0.4, -0.2) is 34.7 Å². The fourth-order valence-corrected chi connectivity index (χ4v) is 4.18. The summed E-state index contributed by atoms with van der Waals surface area (Å²) in [6.07, 6.45) is 0.612. The lowest BCUT2D eigenvalue weighted by atomic mass is 10.00. The van der Waals surface area contributed by atoms with E-state index in [1.807, 2.05) is 49.4 Å². The molecule has 1 saturated heterocycles. The maximum atomic E-state index is 12.9. The highest BCUT2D eigenvalue weighted by Crippen LogP contribution is 2.30. The molecule has 156 valence electrons. The zero-order chi connectivity index (χ0) is 21.3. The van der Waals surface area contributed by atoms with Gasteiger partial charge in [0.1, 0.15) is 6.04 Å². The third kappa shape index (κ3) is 3.86. The van der Waals surface area contributed by atoms with Gasteiger partial charge in [-0.3, -0.25) is 19.7 Å². The zero-order valence-electron chi connectivity index (χ0n) is 16.9. The number of fused-ring (bicyclic) bond motifs is 1. The second-order valence-corrected chi connectivity index (χ2v) is 7.95. The Balaban J connectivity index is 1.46. The second-order valence-electron chi connectivity index (χ2n) is 7.95. The standard InChI is InChI=1S/C23H26N4O3/c1-14(21(24)15-6-3-2-4-7-15)25-12-16-8-5-9-17-18(16)13-27(23(17)30)19-10-11-20(28)26-22(19)29/h2-9,14,19,21,25H,10-13,24H2,1H3,(H,26,28,29). The van der Waals surface area contributed by atoms with Gasteiger partial charge < -0.3 is 16.0 Å². The molecule has 0 aromatic heterocycles. The molecule has 4 N–H and O–H groups in total. The van der Waals surface area contributed by atoms with Crippen LogP contribution >= 0.6 is 0 Å². The Morgan fingerprint density at radius 1 is 1.13 bits per heavy atom. The van der Waals surface area contributed by atoms with Crippen LogP contribution in [0.5, 0.6) is 0 Å². The molecule has 2 aromatic carbocycles. The maximum Gasteiger partial charge on any atom is 0.255 e. The van der Waals surface area contributed by atoms with Crippen LogP contribution < -0.4 is 16.4 Å². The summed E-state index contributed by atoms with van der Waals surface area (Å²) < 4.78 is 0. The zero-order valence-corrected chi connectivity index (χ0v) is 16.9. The topological polar surface area (TPSA) is 105 Å². The van der Waals surface area contributed by atoms with Crippen molar-refractivity contribution in [3.05, 3.63) is 70.8 Å². The molecule has 4 rings (SSSR count). The van der Waals surface area contributed by atoms with Crippen LogP contribution in [0.1, 0.15) is 52.9 Å². The van der Waals surface area contributed by atoms with Crippen molar-refractivity contribution in [2.75, 3.05) is 0 Å². The number of imide groups is 1. The Bertz CT molecular complexity index is 976. The van der Waals surface area contributed by atoms with Gasteiger partial charge >= 0.3 is 0 Å². The van der Waals surface area contributed by atoms with Crippen molar-refractivity contribution in [1.29, 1.82) is 0 Å². The Hall–Kier alpha value is -3.03. The van der Waals surface area contributed by atoms with Crippen LogP contribution in [0.3, 0.4) is 0 Å². The smallest absolute Gasteiger partial charge is 0.255 e. The summed E-state index contributed by atoms with van der Waals surface area (Å²) in [5.41, 5.74) is 10.0. The first-order chi connectivity index (χ1) is 14.5. The lowest BCUT2D eigenvalue weighted by Crippen LogP contribution is -2.52. The molecule has 1 fully saturated rings. The average Bonchev–Trinajstić information content (AvgIpc) is 3.09. The van der Waals surface area contributed by atoms with Crippen LogP contribution in [-0.2, 0) is 22.7 Å². The van der Waals surface area contributed by atoms with E-state index in [9.17, 15) is 14.4 Å². The molecule has 2 aliphatic rings. The highest BCUT2D eigenvalue weighted by molar-refractivity contribution is 6.05. The van der Waals surface area contributed by atoms with Crippen molar-refractivity contribution >= 4 is 17.7 Å². The Morgan fingerprint density at radius 3 is 2.63 bits per heavy atom. The molecule has 3 amide bonds. The number of nitrogens with zero attached hydrogens (tertiary/aromatic N) is 1. The molecule has 3 atom stereocenters. The molecule has 0 aliphatic carbocycles. The van der Waals surface area contributed by atoms with Crippen molar-refractivity contribution in [2.24, 2.45) is 5.73 Å². The highest BCUT2D eigenvalue weighted by atomic mass is 16.2. The van der Waals surface area contributed by atoms with Gasteiger partial charge in [-0.1, -0.05) is 42.5 Å². The molecule has 2 heterocycles. The third-order valence-electron chi connectivity index (χ3n) is 6.02. The number of hydrogen-bond donors (Lipinski definition) is 3. The van der Waals surface area contributed by atoms with E-state index >= 15 is 0 Å². The van der Waals surface area contributed by atoms with Gasteiger partial charge in [0.15, 0.2) is 0 Å². The van der Waals surface area contributed by atoms with E-state index in [2.05, 4.69) is 10.6 Å². The van der Waals surface area contributed by atoms with Gasteiger partial charge in [-0.15, -0.1) is 0 Å². The van der Waals surface area contributed by atoms with Gasteiger partial charge in [0, 0.05) is 37.2 Å². The molecule has 0 saturated carbocycles. The van der Waals surface area contributed by atoms with Crippen LogP contribution in [0.25, 0.3) is 0 Å². The summed E-state index contributed by atoms with van der Waals surface area (Å²) >= 11 is 0. The van der Waals surface area contributed by atoms with Crippen molar-refractivity contribution in [2.45, 2.75) is 51.0 Å². The SMILES string of the molecule is CC(NCc1cccc2c1CN(C1CCC(=O)NC1=O)C2=O)C(N)c1ccccc1. The molecule has 0 radical (unpaired) electrons. The predicted molar refractivity (Wildman–Crippen MR) is 112 cm³/mol. The normalized spacial score (nSPS) is 20.7. The van der Waals surface area contributed by atoms with Crippen molar-refractivity contribution in [1.82, 2.24) is 15.5 Å². The van der Waals surface area contributed by atoms with Crippen molar-refractivity contribution in [3.8, 4) is 0 Å². The fraction of sp³-hybridized carbons (Fsp3) is 0.348. The Morgan fingerprint density at radius 2 is 1.90 bits per heavy atom. The molecular formula is C23H26N4O3. The number of amides is 3. The lowest BCUT2D eigenvalue weighted by Gasteiger charge is -2.29. The summed E-state index contributed by atoms with van der Waals surface area (Å²) in [5.74, 6) is -0.834. The predicted octanol–water partition coefficient (Wildman–Crippen LogP) is 1.63. The van der Waals surface area contributed by atoms with Crippen LogP contribution in [0.4, 0.5) is 0 Å². The minimum Gasteiger partial charge on any atom is -0.323 e. The summed E-state index contributed by atoms with van der Waals surface area (Å²) in [4.78, 5) is 38.2. The first-order valence-corrected chi connectivity index (χ1v) is 10.2. The molecule has 7 heteroatoms. The van der Waals surface area contributed by atoms with Gasteiger partial charge in [0.2, 0.25) is 11.8 Å². The number of nitrogens with two attached hydrogens (primary N) is 1. The molecule has 2 aromatic rings. The van der Waals surface area contributed by atoms with E-state index in [0.717, 1.165) is 16.7 Å². The summed E-state index contributed by atoms with van der Waals surface area (Å²) in [6, 6.07) is 14.9. The van der Waals surface area contributed by atoms with Gasteiger partial charge in [0.25, 0.3) is 5.91 Å². The minimum absolute atomic E-state index is 0.0339. The highest BCUT2D eigenvalue weighted by Gasteiger charge is 2.39. The average molecular weight is 406 g/mol. The third-order valence-corrected chi connectivity index (χ3v) is 6.02. The number of hydrogen-bond acceptors (Lipinski definition) is 5. The Labute approximate surface area is 175 Å². The van der Waals surface area contributed by atoms with Gasteiger partial charge in [0.05, 0.1) is 0 Å². The molecule has 7 nitrogen and oxygen atoms in total. The first-order valence-electron chi connectivity index (χ1n) is 10.2. The number of carbonyl (C=O) groups is 3. The van der Waals surface area contributed by atoms with E-state index in [4.69, 9.17) is 5.73 Å². The number of carbonyl (C=O) groups excluding carboxylic acids is 3. The monoisotopic (exact) mass is 406 g/mol. The van der Waals surface area contributed by atoms with E-state index in [1.54, 1.807) is 11.0 Å². The van der Waals surface area contributed by atoms with Crippen LogP contribution in [0.15, 0.2) is 48.5 Å². The van der Waals surface area contributed by atoms with E-state index in [0.29, 0.717) is 25.1 Å². The number of nitrogens with one attached hydrogen (secondary N) is 2. The summed E-state index contributed by atoms with van der Waals surface area (Å²) in [5, 5.41) is 5.81. The quantitative estimate of drug-likeness (QED) is 0.633. The number of benzene rings is 2. The minimum atomic E-state index is -0.603. The van der Waals surface area contributed by atoms with Crippen LogP contribution in [0.2, 0.25) is 0 Å². The molecular weight excluding hydrogens is 380 g/mol. The van der Waals surface area contributed by atoms with Crippen LogP contribution in [0, 0.1) is 0 Å². The van der Waals surface area contributed by atoms with E-state index < -0.39 is 11.9 Å². The lowest BCUT2D eigenvalue weighted by molar-refractivity contribution is -0.136. The molecule has 30 heavy (non-hydrogen) atoms. The summed E-state index contributed by atoms with van der Waals surface area (Å²) in [7, 11) is 0. The van der Waals surface area contributed by atoms with Crippen molar-refractivity contribution in [3.63, 3.8) is 0 Å². The summed E-state index contributed by atoms with van der Waals surface area (Å²) in [6.45, 7) is 2.99. The molecule has 0 bridgehead atoms. The maximum absolute atomic E-state index is 12.9. The fourth-order valence-electron chi connectivity index (χ4n) is 4.18. The Kier molecular flexibility index (Phi) is 5.65. The van der Waals surface area contributed by atoms with E-state index in [1.165, 1.54) is 0 Å². The number of piperidine rings is 1. The number of rotatable bonds is 6. The largest absolute Gasteiger partial charge is 0.323 e. The second kappa shape index (κ2) is 8.38. The van der Waals surface area contributed by atoms with Gasteiger partial charge in [-0.05, 0) is 36.1 Å². The van der Waals surface area contributed by atoms with Gasteiger partial charge in [-0.2, -0.15) is 0 Å². The first kappa shape index (κ1) is 20.3. The van der Waals surface area contributed by atoms with E-state index in [-0.39, 0.29) is 30.3 Å². The van der Waals surface area contributed by atoms with Crippen molar-refractivity contribution < 1.29 is 14.4 Å². The molecule has 0 spiro atoms. The van der Waals surface area contributed by atoms with Gasteiger partial charge in [-0.25, -0.2) is 0 Å².